The van der Waals surface area contributed by atoms with E-state index in [-0.39, 0.29) is 18.0 Å². The van der Waals surface area contributed by atoms with E-state index in [0.29, 0.717) is 24.6 Å². The van der Waals surface area contributed by atoms with E-state index in [9.17, 15) is 9.59 Å². The molecule has 2 amide bonds. The molecule has 1 N–H and O–H groups in total. The molecule has 0 saturated carbocycles. The molecule has 34 heavy (non-hydrogen) atoms. The molecule has 0 fully saturated rings. The van der Waals surface area contributed by atoms with Gasteiger partial charge in [-0.3, -0.25) is 9.59 Å². The van der Waals surface area contributed by atoms with Crippen molar-refractivity contribution in [3.63, 3.8) is 0 Å². The Morgan fingerprint density at radius 2 is 1.94 bits per heavy atom. The molecule has 0 spiro atoms. The highest BCUT2D eigenvalue weighted by molar-refractivity contribution is 7.15. The summed E-state index contributed by atoms with van der Waals surface area (Å²) in [7, 11) is 2.05. The van der Waals surface area contributed by atoms with Crippen molar-refractivity contribution in [1.29, 1.82) is 0 Å². The minimum atomic E-state index is -0.215. The summed E-state index contributed by atoms with van der Waals surface area (Å²) in [5.74, 6) is -0.0423. The Morgan fingerprint density at radius 3 is 2.76 bits per heavy atom. The smallest absolute Gasteiger partial charge is 0.257 e. The van der Waals surface area contributed by atoms with E-state index < -0.39 is 0 Å². The molecule has 4 aromatic rings. The van der Waals surface area contributed by atoms with Gasteiger partial charge in [-0.15, -0.1) is 10.2 Å². The van der Waals surface area contributed by atoms with Crippen LogP contribution in [-0.4, -0.2) is 45.1 Å². The van der Waals surface area contributed by atoms with Gasteiger partial charge in [-0.25, -0.2) is 0 Å². The number of para-hydroxylation sites is 2. The first-order chi connectivity index (χ1) is 16.5. The van der Waals surface area contributed by atoms with Crippen LogP contribution in [0.2, 0.25) is 0 Å². The van der Waals surface area contributed by atoms with E-state index in [2.05, 4.69) is 43.2 Å². The number of nitrogens with zero attached hydrogens (tertiary/aromatic N) is 5. The zero-order valence-electron chi connectivity index (χ0n) is 19.0. The Morgan fingerprint density at radius 1 is 1.15 bits per heavy atom. The molecule has 0 bridgehead atoms. The molecule has 2 aromatic carbocycles. The minimum Gasteiger partial charge on any atom is -0.349 e. The van der Waals surface area contributed by atoms with Crippen molar-refractivity contribution < 1.29 is 9.59 Å². The van der Waals surface area contributed by atoms with Crippen molar-refractivity contribution >= 4 is 44.9 Å². The normalized spacial score (nSPS) is 16.9. The third-order valence-electron chi connectivity index (χ3n) is 6.74. The van der Waals surface area contributed by atoms with Crippen LogP contribution in [-0.2, 0) is 17.8 Å². The van der Waals surface area contributed by atoms with Gasteiger partial charge >= 0.3 is 0 Å². The lowest BCUT2D eigenvalue weighted by Crippen LogP contribution is -2.51. The van der Waals surface area contributed by atoms with Crippen LogP contribution in [0.4, 0.5) is 10.8 Å². The first-order valence-corrected chi connectivity index (χ1v) is 12.2. The van der Waals surface area contributed by atoms with Crippen molar-refractivity contribution in [3.05, 3.63) is 70.4 Å². The predicted octanol–water partition coefficient (Wildman–Crippen LogP) is 3.98. The highest BCUT2D eigenvalue weighted by Crippen LogP contribution is 2.44. The number of rotatable bonds is 4. The molecule has 0 unspecified atom stereocenters. The second-order valence-corrected chi connectivity index (χ2v) is 9.89. The van der Waals surface area contributed by atoms with E-state index >= 15 is 0 Å². The van der Waals surface area contributed by atoms with Crippen molar-refractivity contribution in [2.45, 2.75) is 32.5 Å². The molecule has 0 aliphatic carbocycles. The summed E-state index contributed by atoms with van der Waals surface area (Å²) >= 11 is 1.36. The summed E-state index contributed by atoms with van der Waals surface area (Å²) in [6.45, 7) is 3.03. The van der Waals surface area contributed by atoms with Crippen LogP contribution in [0.5, 0.6) is 0 Å². The van der Waals surface area contributed by atoms with Gasteiger partial charge in [0.15, 0.2) is 0 Å². The van der Waals surface area contributed by atoms with E-state index in [4.69, 9.17) is 0 Å². The molecule has 172 valence electrons. The van der Waals surface area contributed by atoms with Gasteiger partial charge in [-0.1, -0.05) is 41.7 Å². The number of anilines is 2. The van der Waals surface area contributed by atoms with Gasteiger partial charge < -0.3 is 19.7 Å². The fourth-order valence-corrected chi connectivity index (χ4v) is 5.90. The maximum atomic E-state index is 13.4. The molecular formula is C25H24N6O2S. The second-order valence-electron chi connectivity index (χ2n) is 8.71. The third kappa shape index (κ3) is 3.19. The number of hydrogen-bond donors (Lipinski definition) is 1. The quantitative estimate of drug-likeness (QED) is 0.486. The molecule has 9 heteroatoms. The summed E-state index contributed by atoms with van der Waals surface area (Å²) in [6, 6.07) is 16.1. The van der Waals surface area contributed by atoms with Gasteiger partial charge in [0.1, 0.15) is 11.2 Å². The molecule has 4 heterocycles. The second kappa shape index (κ2) is 7.95. The number of amides is 2. The molecule has 1 atom stereocenters. The minimum absolute atomic E-state index is 0.0607. The van der Waals surface area contributed by atoms with Crippen molar-refractivity contribution in [3.8, 4) is 0 Å². The number of benzene rings is 2. The van der Waals surface area contributed by atoms with Crippen molar-refractivity contribution in [2.75, 3.05) is 23.8 Å². The monoisotopic (exact) mass is 472 g/mol. The van der Waals surface area contributed by atoms with Crippen LogP contribution >= 0.6 is 11.3 Å². The van der Waals surface area contributed by atoms with Crippen LogP contribution < -0.4 is 10.2 Å². The molecular weight excluding hydrogens is 448 g/mol. The number of carbonyl (C=O) groups is 2. The lowest BCUT2D eigenvalue weighted by molar-refractivity contribution is -0.116. The maximum absolute atomic E-state index is 13.4. The molecule has 6 rings (SSSR count). The number of hydrogen-bond acceptors (Lipinski definition) is 6. The third-order valence-corrected chi connectivity index (χ3v) is 7.49. The maximum Gasteiger partial charge on any atom is 0.257 e. The number of aryl methyl sites for hydroxylation is 2. The first kappa shape index (κ1) is 20.9. The summed E-state index contributed by atoms with van der Waals surface area (Å²) in [5, 5.41) is 13.3. The Hall–Kier alpha value is -3.72. The van der Waals surface area contributed by atoms with Crippen molar-refractivity contribution in [2.24, 2.45) is 0 Å². The summed E-state index contributed by atoms with van der Waals surface area (Å²) in [4.78, 5) is 30.3. The number of carbonyl (C=O) groups excluding carboxylic acids is 2. The van der Waals surface area contributed by atoms with Gasteiger partial charge in [0.2, 0.25) is 11.0 Å². The zero-order valence-corrected chi connectivity index (χ0v) is 19.8. The fourth-order valence-electron chi connectivity index (χ4n) is 5.29. The number of aromatic nitrogens is 3. The van der Waals surface area contributed by atoms with E-state index in [1.165, 1.54) is 22.3 Å². The van der Waals surface area contributed by atoms with Crippen LogP contribution in [0.15, 0.2) is 48.5 Å². The molecule has 2 aliphatic heterocycles. The lowest BCUT2D eigenvalue weighted by atomic mass is 9.96. The molecule has 0 saturated heterocycles. The van der Waals surface area contributed by atoms with Gasteiger partial charge in [0.25, 0.3) is 5.91 Å². The summed E-state index contributed by atoms with van der Waals surface area (Å²) in [6.07, 6.45) is 0.870. The number of nitrogens with one attached hydrogen (secondary N) is 1. The van der Waals surface area contributed by atoms with E-state index in [0.717, 1.165) is 33.9 Å². The molecule has 2 aliphatic rings. The molecule has 8 nitrogen and oxygen atoms in total. The highest BCUT2D eigenvalue weighted by atomic mass is 32.1. The Bertz CT molecular complexity index is 1440. The Balaban J connectivity index is 1.40. The highest BCUT2D eigenvalue weighted by Gasteiger charge is 2.42. The summed E-state index contributed by atoms with van der Waals surface area (Å²) < 4.78 is 2.23. The van der Waals surface area contributed by atoms with Gasteiger partial charge in [0.05, 0.1) is 16.9 Å². The standard InChI is InChI=1S/C25H24N6O2S/c1-15-27-28-25(34-15)26-21(32)12-14-30-20-10-6-3-7-16(20)17-11-13-31-23(22(17)30)29(2)19-9-5-4-8-18(19)24(31)33/h3-10,23H,11-14H2,1-2H3,(H,26,28,32)/t23-/m1/s1. The SMILES string of the molecule is Cc1nnc(NC(=O)CCn2c3c(c4ccccc42)CCN2C(=O)c4ccccc4N(C)[C@@H]32)s1. The van der Waals surface area contributed by atoms with Gasteiger partial charge in [-0.05, 0) is 37.1 Å². The largest absolute Gasteiger partial charge is 0.349 e. The Kier molecular flexibility index (Phi) is 4.88. The first-order valence-electron chi connectivity index (χ1n) is 11.4. The van der Waals surface area contributed by atoms with E-state index in [1.54, 1.807) is 0 Å². The average molecular weight is 473 g/mol. The summed E-state index contributed by atoms with van der Waals surface area (Å²) in [5.41, 5.74) is 5.11. The van der Waals surface area contributed by atoms with Crippen LogP contribution in [0, 0.1) is 6.92 Å². The lowest BCUT2D eigenvalue weighted by Gasteiger charge is -2.46. The zero-order chi connectivity index (χ0) is 23.4. The van der Waals surface area contributed by atoms with Gasteiger partial charge in [0, 0.05) is 37.5 Å². The predicted molar refractivity (Wildman–Crippen MR) is 132 cm³/mol. The topological polar surface area (TPSA) is 83.4 Å². The fraction of sp³-hybridized carbons (Fsp3) is 0.280. The van der Waals surface area contributed by atoms with Crippen LogP contribution in [0.1, 0.15) is 39.2 Å². The van der Waals surface area contributed by atoms with Crippen LogP contribution in [0.25, 0.3) is 10.9 Å². The van der Waals surface area contributed by atoms with E-state index in [1.807, 2.05) is 49.2 Å². The van der Waals surface area contributed by atoms with Crippen molar-refractivity contribution in [1.82, 2.24) is 19.7 Å². The average Bonchev–Trinajstić information content (AvgIpc) is 3.41. The number of fused-ring (bicyclic) bond motifs is 6. The molecule has 0 radical (unpaired) electrons. The Labute approximate surface area is 200 Å². The van der Waals surface area contributed by atoms with Gasteiger partial charge in [-0.2, -0.15) is 0 Å². The molecule has 2 aromatic heterocycles. The van der Waals surface area contributed by atoms with Crippen LogP contribution in [0.3, 0.4) is 0 Å².